The maximum absolute atomic E-state index is 10.7. The predicted octanol–water partition coefficient (Wildman–Crippen LogP) is -0.218. The molecule has 0 aromatic carbocycles. The molecule has 0 bridgehead atoms. The number of sulfone groups is 1. The van der Waals surface area contributed by atoms with E-state index >= 15 is 0 Å². The zero-order chi connectivity index (χ0) is 10.5. The molecule has 0 aliphatic heterocycles. The Morgan fingerprint density at radius 1 is 1.46 bits per heavy atom. The molecule has 0 heterocycles. The van der Waals surface area contributed by atoms with Crippen LogP contribution >= 0.6 is 0 Å². The Bertz CT molecular complexity index is 234. The molecule has 0 radical (unpaired) electrons. The Morgan fingerprint density at radius 2 is 2.00 bits per heavy atom. The first kappa shape index (κ1) is 12.9. The zero-order valence-corrected chi connectivity index (χ0v) is 9.32. The highest BCUT2D eigenvalue weighted by Crippen LogP contribution is 2.05. The van der Waals surface area contributed by atoms with Crippen molar-refractivity contribution in [1.29, 1.82) is 0 Å². The maximum Gasteiger partial charge on any atom is 0.148 e. The number of nitrogens with one attached hydrogen (secondary N) is 1. The van der Waals surface area contributed by atoms with Crippen LogP contribution in [0.3, 0.4) is 0 Å². The van der Waals surface area contributed by atoms with E-state index in [1.807, 2.05) is 6.92 Å². The summed E-state index contributed by atoms with van der Waals surface area (Å²) < 4.78 is 21.4. The van der Waals surface area contributed by atoms with Crippen molar-refractivity contribution in [3.05, 3.63) is 0 Å². The van der Waals surface area contributed by atoms with Crippen molar-refractivity contribution in [3.8, 4) is 0 Å². The van der Waals surface area contributed by atoms with Gasteiger partial charge in [0.25, 0.3) is 0 Å². The Hall–Kier alpha value is -0.130. The van der Waals surface area contributed by atoms with Gasteiger partial charge >= 0.3 is 0 Å². The Balaban J connectivity index is 3.58. The first-order valence-corrected chi connectivity index (χ1v) is 6.44. The molecule has 0 aromatic rings. The van der Waals surface area contributed by atoms with E-state index in [4.69, 9.17) is 0 Å². The first-order chi connectivity index (χ1) is 5.77. The number of hydrogen-bond donors (Lipinski definition) is 2. The Labute approximate surface area is 80.3 Å². The van der Waals surface area contributed by atoms with Gasteiger partial charge in [-0.15, -0.1) is 0 Å². The van der Waals surface area contributed by atoms with Crippen molar-refractivity contribution in [3.63, 3.8) is 0 Å². The monoisotopic (exact) mass is 209 g/mol. The molecule has 0 amide bonds. The van der Waals surface area contributed by atoms with Crippen molar-refractivity contribution >= 4 is 9.84 Å². The van der Waals surface area contributed by atoms with Crippen LogP contribution in [-0.2, 0) is 9.84 Å². The quantitative estimate of drug-likeness (QED) is 0.594. The van der Waals surface area contributed by atoms with Crippen molar-refractivity contribution in [2.24, 2.45) is 0 Å². The first-order valence-electron chi connectivity index (χ1n) is 4.38. The highest BCUT2D eigenvalue weighted by atomic mass is 32.2. The molecule has 0 aliphatic rings. The molecule has 0 spiro atoms. The summed E-state index contributed by atoms with van der Waals surface area (Å²) in [6.45, 7) is 4.44. The molecule has 0 fully saturated rings. The minimum Gasteiger partial charge on any atom is -0.389 e. The third-order valence-corrected chi connectivity index (χ3v) is 2.86. The van der Waals surface area contributed by atoms with Crippen LogP contribution in [0.5, 0.6) is 0 Å². The van der Waals surface area contributed by atoms with E-state index in [-0.39, 0.29) is 5.75 Å². The summed E-state index contributed by atoms with van der Waals surface area (Å²) in [5.41, 5.74) is -0.739. The van der Waals surface area contributed by atoms with Gasteiger partial charge in [0.1, 0.15) is 9.84 Å². The summed E-state index contributed by atoms with van der Waals surface area (Å²) in [6, 6.07) is 0. The minimum atomic E-state index is -2.89. The van der Waals surface area contributed by atoms with Crippen LogP contribution in [0.4, 0.5) is 0 Å². The van der Waals surface area contributed by atoms with E-state index in [1.165, 1.54) is 6.26 Å². The summed E-state index contributed by atoms with van der Waals surface area (Å²) in [6.07, 6.45) is 1.85. The van der Waals surface area contributed by atoms with E-state index in [0.29, 0.717) is 19.5 Å². The second-order valence-corrected chi connectivity index (χ2v) is 5.92. The van der Waals surface area contributed by atoms with Crippen molar-refractivity contribution in [2.75, 3.05) is 25.1 Å². The van der Waals surface area contributed by atoms with E-state index in [0.717, 1.165) is 0 Å². The molecule has 1 unspecified atom stereocenters. The Kier molecular flexibility index (Phi) is 4.88. The SMILES string of the molecule is CCC(C)(O)CNCCS(C)(=O)=O. The molecule has 13 heavy (non-hydrogen) atoms. The predicted molar refractivity (Wildman–Crippen MR) is 53.5 cm³/mol. The van der Waals surface area contributed by atoms with Crippen LogP contribution in [0.25, 0.3) is 0 Å². The lowest BCUT2D eigenvalue weighted by Crippen LogP contribution is -2.38. The smallest absolute Gasteiger partial charge is 0.148 e. The third kappa shape index (κ3) is 8.21. The van der Waals surface area contributed by atoms with Crippen LogP contribution in [0.2, 0.25) is 0 Å². The van der Waals surface area contributed by atoms with Gasteiger partial charge in [0, 0.05) is 19.3 Å². The molecular weight excluding hydrogens is 190 g/mol. The molecule has 0 saturated heterocycles. The van der Waals surface area contributed by atoms with Gasteiger partial charge < -0.3 is 10.4 Å². The van der Waals surface area contributed by atoms with Crippen molar-refractivity contribution < 1.29 is 13.5 Å². The molecule has 0 rings (SSSR count). The standard InChI is InChI=1S/C8H19NO3S/c1-4-8(2,10)7-9-5-6-13(3,11)12/h9-10H,4-7H2,1-3H3. The molecule has 0 aromatic heterocycles. The summed E-state index contributed by atoms with van der Waals surface area (Å²) in [5, 5.41) is 12.4. The minimum absolute atomic E-state index is 0.118. The summed E-state index contributed by atoms with van der Waals surface area (Å²) >= 11 is 0. The molecule has 5 heteroatoms. The van der Waals surface area contributed by atoms with E-state index in [2.05, 4.69) is 5.32 Å². The summed E-state index contributed by atoms with van der Waals surface area (Å²) in [4.78, 5) is 0. The van der Waals surface area contributed by atoms with Crippen LogP contribution in [0.1, 0.15) is 20.3 Å². The second-order valence-electron chi connectivity index (χ2n) is 3.66. The second kappa shape index (κ2) is 4.93. The summed E-state index contributed by atoms with van der Waals surface area (Å²) in [5.74, 6) is 0.118. The maximum atomic E-state index is 10.7. The molecule has 4 nitrogen and oxygen atoms in total. The molecule has 80 valence electrons. The Morgan fingerprint density at radius 3 is 2.38 bits per heavy atom. The van der Waals surface area contributed by atoms with Gasteiger partial charge in [-0.2, -0.15) is 0 Å². The molecular formula is C8H19NO3S. The van der Waals surface area contributed by atoms with Crippen LogP contribution in [0.15, 0.2) is 0 Å². The van der Waals surface area contributed by atoms with Crippen LogP contribution in [-0.4, -0.2) is 44.2 Å². The highest BCUT2D eigenvalue weighted by Gasteiger charge is 2.16. The lowest BCUT2D eigenvalue weighted by molar-refractivity contribution is 0.0565. The fourth-order valence-electron chi connectivity index (χ4n) is 0.740. The lowest BCUT2D eigenvalue weighted by atomic mass is 10.0. The van der Waals surface area contributed by atoms with Gasteiger partial charge in [-0.1, -0.05) is 6.92 Å². The fourth-order valence-corrected chi connectivity index (χ4v) is 1.26. The molecule has 2 N–H and O–H groups in total. The van der Waals surface area contributed by atoms with Crippen molar-refractivity contribution in [1.82, 2.24) is 5.32 Å². The highest BCUT2D eigenvalue weighted by molar-refractivity contribution is 7.90. The molecule has 0 aliphatic carbocycles. The van der Waals surface area contributed by atoms with Gasteiger partial charge in [0.2, 0.25) is 0 Å². The lowest BCUT2D eigenvalue weighted by Gasteiger charge is -2.21. The van der Waals surface area contributed by atoms with E-state index < -0.39 is 15.4 Å². The molecule has 1 atom stereocenters. The van der Waals surface area contributed by atoms with Crippen LogP contribution in [0, 0.1) is 0 Å². The summed E-state index contributed by atoms with van der Waals surface area (Å²) in [7, 11) is -2.89. The van der Waals surface area contributed by atoms with Gasteiger partial charge in [-0.25, -0.2) is 8.42 Å². The van der Waals surface area contributed by atoms with E-state index in [1.54, 1.807) is 6.92 Å². The van der Waals surface area contributed by atoms with Crippen LogP contribution < -0.4 is 5.32 Å². The average molecular weight is 209 g/mol. The normalized spacial score (nSPS) is 16.9. The zero-order valence-electron chi connectivity index (χ0n) is 8.50. The topological polar surface area (TPSA) is 66.4 Å². The van der Waals surface area contributed by atoms with Gasteiger partial charge in [0.15, 0.2) is 0 Å². The largest absolute Gasteiger partial charge is 0.389 e. The number of aliphatic hydroxyl groups is 1. The van der Waals surface area contributed by atoms with Gasteiger partial charge in [-0.3, -0.25) is 0 Å². The fraction of sp³-hybridized carbons (Fsp3) is 1.00. The third-order valence-electron chi connectivity index (χ3n) is 1.92. The van der Waals surface area contributed by atoms with E-state index in [9.17, 15) is 13.5 Å². The number of rotatable bonds is 6. The van der Waals surface area contributed by atoms with Crippen molar-refractivity contribution in [2.45, 2.75) is 25.9 Å². The average Bonchev–Trinajstić information content (AvgIpc) is 1.97. The van der Waals surface area contributed by atoms with Gasteiger partial charge in [-0.05, 0) is 13.3 Å². The molecule has 0 saturated carbocycles. The number of hydrogen-bond acceptors (Lipinski definition) is 4. The van der Waals surface area contributed by atoms with Gasteiger partial charge in [0.05, 0.1) is 11.4 Å².